The molecule has 4 unspecified atom stereocenters. The first-order chi connectivity index (χ1) is 13.6. The highest BCUT2D eigenvalue weighted by Gasteiger charge is 2.51. The van der Waals surface area contributed by atoms with E-state index in [9.17, 15) is 30.0 Å². The van der Waals surface area contributed by atoms with Crippen LogP contribution in [0.5, 0.6) is 0 Å². The summed E-state index contributed by atoms with van der Waals surface area (Å²) >= 11 is 0. The van der Waals surface area contributed by atoms with Gasteiger partial charge >= 0.3 is 5.97 Å². The lowest BCUT2D eigenvalue weighted by molar-refractivity contribution is -0.330. The van der Waals surface area contributed by atoms with Crippen LogP contribution in [0.2, 0.25) is 0 Å². The molecule has 0 aromatic heterocycles. The van der Waals surface area contributed by atoms with Crippen molar-refractivity contribution in [3.8, 4) is 0 Å². The summed E-state index contributed by atoms with van der Waals surface area (Å²) in [5.41, 5.74) is 0. The molecule has 0 aliphatic carbocycles. The molecule has 0 spiro atoms. The Morgan fingerprint density at radius 2 is 1.69 bits per heavy atom. The summed E-state index contributed by atoms with van der Waals surface area (Å²) in [5.74, 6) is -1.64. The standard InChI is InChI=1S/C17H29NO11/c1-6-11(18-7(2)20)16(12(23)9(5-19)27-6)29-17-14(25)13(24)15(26-3)8(28-17)4-10(21)22/h6,8-9,11-17,19,23-25H,4-5H2,1-3H3,(H,18,20)(H,21,22)/t6-,8?,9?,11?,12+,13+,14?,15+,16+,17-/m0/s1. The SMILES string of the molecule is CO[C@@H]1C(CC(=O)O)O[C@@H](O[C@@H]2C(NC(C)=O)[C@H](C)OC(CO)[C@H]2O)C(O)[C@H]1O. The first-order valence-corrected chi connectivity index (χ1v) is 9.23. The fourth-order valence-electron chi connectivity index (χ4n) is 3.68. The molecule has 10 atom stereocenters. The fraction of sp³-hybridized carbons (Fsp3) is 0.882. The maximum Gasteiger partial charge on any atom is 0.306 e. The average Bonchev–Trinajstić information content (AvgIpc) is 2.64. The number of carbonyl (C=O) groups excluding carboxylic acids is 1. The lowest BCUT2D eigenvalue weighted by Gasteiger charge is -2.47. The number of nitrogens with one attached hydrogen (secondary N) is 1. The van der Waals surface area contributed by atoms with Crippen LogP contribution >= 0.6 is 0 Å². The van der Waals surface area contributed by atoms with E-state index in [1.165, 1.54) is 14.0 Å². The highest BCUT2D eigenvalue weighted by Crippen LogP contribution is 2.30. The normalized spacial score (nSPS) is 43.0. The molecule has 0 radical (unpaired) electrons. The monoisotopic (exact) mass is 423 g/mol. The van der Waals surface area contributed by atoms with E-state index in [1.54, 1.807) is 6.92 Å². The Kier molecular flexibility index (Phi) is 8.31. The third-order valence-electron chi connectivity index (χ3n) is 5.10. The van der Waals surface area contributed by atoms with Crippen LogP contribution in [0.3, 0.4) is 0 Å². The second kappa shape index (κ2) is 10.1. The number of carboxylic acid groups (broad SMARTS) is 1. The molecule has 0 bridgehead atoms. The van der Waals surface area contributed by atoms with Crippen LogP contribution in [-0.2, 0) is 28.5 Å². The molecule has 2 aliphatic rings. The van der Waals surface area contributed by atoms with Gasteiger partial charge in [0.15, 0.2) is 6.29 Å². The molecule has 2 rings (SSSR count). The number of hydrogen-bond acceptors (Lipinski definition) is 10. The van der Waals surface area contributed by atoms with Gasteiger partial charge in [0.1, 0.15) is 42.7 Å². The zero-order valence-electron chi connectivity index (χ0n) is 16.4. The van der Waals surface area contributed by atoms with Crippen molar-refractivity contribution in [2.45, 2.75) is 81.4 Å². The molecular weight excluding hydrogens is 394 g/mol. The number of methoxy groups -OCH3 is 1. The molecule has 6 N–H and O–H groups in total. The minimum Gasteiger partial charge on any atom is -0.481 e. The van der Waals surface area contributed by atoms with Gasteiger partial charge in [0.25, 0.3) is 0 Å². The summed E-state index contributed by atoms with van der Waals surface area (Å²) < 4.78 is 21.8. The van der Waals surface area contributed by atoms with Crippen molar-refractivity contribution in [1.29, 1.82) is 0 Å². The Balaban J connectivity index is 2.25. The lowest BCUT2D eigenvalue weighted by atomic mass is 9.92. The van der Waals surface area contributed by atoms with Gasteiger partial charge in [-0.2, -0.15) is 0 Å². The van der Waals surface area contributed by atoms with E-state index >= 15 is 0 Å². The minimum atomic E-state index is -1.62. The van der Waals surface area contributed by atoms with Crippen LogP contribution in [-0.4, -0.2) is 112 Å². The van der Waals surface area contributed by atoms with E-state index in [0.29, 0.717) is 0 Å². The van der Waals surface area contributed by atoms with Gasteiger partial charge in [-0.05, 0) is 6.92 Å². The number of aliphatic hydroxyl groups is 4. The minimum absolute atomic E-state index is 0.429. The van der Waals surface area contributed by atoms with Crippen LogP contribution in [0.15, 0.2) is 0 Å². The highest BCUT2D eigenvalue weighted by atomic mass is 16.7. The number of carboxylic acids is 1. The number of rotatable bonds is 7. The molecular formula is C17H29NO11. The topological polar surface area (TPSA) is 184 Å². The molecule has 2 fully saturated rings. The van der Waals surface area contributed by atoms with Crippen molar-refractivity contribution >= 4 is 11.9 Å². The molecule has 2 heterocycles. The zero-order valence-corrected chi connectivity index (χ0v) is 16.4. The third-order valence-corrected chi connectivity index (χ3v) is 5.10. The number of aliphatic carboxylic acids is 1. The van der Waals surface area contributed by atoms with Crippen LogP contribution < -0.4 is 5.32 Å². The Bertz CT molecular complexity index is 576. The molecule has 168 valence electrons. The molecule has 29 heavy (non-hydrogen) atoms. The number of amides is 1. The van der Waals surface area contributed by atoms with Gasteiger partial charge in [0.05, 0.1) is 25.2 Å². The van der Waals surface area contributed by atoms with E-state index in [1.807, 2.05) is 0 Å². The van der Waals surface area contributed by atoms with Crippen molar-refractivity contribution in [2.75, 3.05) is 13.7 Å². The summed E-state index contributed by atoms with van der Waals surface area (Å²) in [6, 6.07) is -0.865. The molecule has 2 aliphatic heterocycles. The first kappa shape index (κ1) is 23.9. The highest BCUT2D eigenvalue weighted by molar-refractivity contribution is 5.73. The largest absolute Gasteiger partial charge is 0.481 e. The summed E-state index contributed by atoms with van der Waals surface area (Å²) in [7, 11) is 1.24. The van der Waals surface area contributed by atoms with Gasteiger partial charge in [-0.15, -0.1) is 0 Å². The number of aliphatic hydroxyl groups excluding tert-OH is 4. The van der Waals surface area contributed by atoms with Gasteiger partial charge < -0.3 is 49.8 Å². The van der Waals surface area contributed by atoms with Crippen molar-refractivity contribution in [3.05, 3.63) is 0 Å². The van der Waals surface area contributed by atoms with Crippen LogP contribution in [0.25, 0.3) is 0 Å². The zero-order chi connectivity index (χ0) is 21.9. The second-order valence-electron chi connectivity index (χ2n) is 7.20. The number of hydrogen-bond donors (Lipinski definition) is 6. The molecule has 2 saturated heterocycles. The summed E-state index contributed by atoms with van der Waals surface area (Å²) in [6.45, 7) is 2.34. The van der Waals surface area contributed by atoms with Gasteiger partial charge in [0, 0.05) is 14.0 Å². The van der Waals surface area contributed by atoms with Crippen molar-refractivity contribution in [3.63, 3.8) is 0 Å². The molecule has 12 heteroatoms. The van der Waals surface area contributed by atoms with Crippen LogP contribution in [0.1, 0.15) is 20.3 Å². The fourth-order valence-corrected chi connectivity index (χ4v) is 3.68. The number of carbonyl (C=O) groups is 2. The van der Waals surface area contributed by atoms with Gasteiger partial charge in [0.2, 0.25) is 5.91 Å². The van der Waals surface area contributed by atoms with E-state index in [4.69, 9.17) is 24.1 Å². The Morgan fingerprint density at radius 3 is 2.21 bits per heavy atom. The Hall–Kier alpha value is -1.38. The predicted molar refractivity (Wildman–Crippen MR) is 93.6 cm³/mol. The third kappa shape index (κ3) is 5.41. The van der Waals surface area contributed by atoms with Gasteiger partial charge in [-0.25, -0.2) is 0 Å². The van der Waals surface area contributed by atoms with Crippen molar-refractivity contribution < 1.29 is 54.1 Å². The summed E-state index contributed by atoms with van der Waals surface area (Å²) in [5, 5.41) is 52.4. The maximum atomic E-state index is 11.6. The van der Waals surface area contributed by atoms with E-state index in [2.05, 4.69) is 5.32 Å². The summed E-state index contributed by atoms with van der Waals surface area (Å²) in [4.78, 5) is 22.7. The summed E-state index contributed by atoms with van der Waals surface area (Å²) in [6.07, 6.45) is -11.7. The molecule has 0 aromatic carbocycles. The maximum absolute atomic E-state index is 11.6. The van der Waals surface area contributed by atoms with E-state index in [-0.39, 0.29) is 0 Å². The van der Waals surface area contributed by atoms with Crippen LogP contribution in [0, 0.1) is 0 Å². The van der Waals surface area contributed by atoms with Crippen molar-refractivity contribution in [1.82, 2.24) is 5.32 Å². The van der Waals surface area contributed by atoms with Crippen LogP contribution in [0.4, 0.5) is 0 Å². The van der Waals surface area contributed by atoms with Crippen molar-refractivity contribution in [2.24, 2.45) is 0 Å². The van der Waals surface area contributed by atoms with E-state index < -0.39 is 86.1 Å². The second-order valence-corrected chi connectivity index (χ2v) is 7.20. The number of ether oxygens (including phenoxy) is 4. The molecule has 0 aromatic rings. The lowest BCUT2D eigenvalue weighted by Crippen LogP contribution is -2.67. The van der Waals surface area contributed by atoms with Gasteiger partial charge in [-0.1, -0.05) is 0 Å². The quantitative estimate of drug-likeness (QED) is 0.244. The van der Waals surface area contributed by atoms with Gasteiger partial charge in [-0.3, -0.25) is 9.59 Å². The predicted octanol–water partition coefficient (Wildman–Crippen LogP) is -3.05. The molecule has 12 nitrogen and oxygen atoms in total. The van der Waals surface area contributed by atoms with E-state index in [0.717, 1.165) is 0 Å². The molecule has 1 amide bonds. The molecule has 0 saturated carbocycles. The average molecular weight is 423 g/mol. The smallest absolute Gasteiger partial charge is 0.306 e. The first-order valence-electron chi connectivity index (χ1n) is 9.23. The Labute approximate surface area is 167 Å². The Morgan fingerprint density at radius 1 is 1.03 bits per heavy atom.